The van der Waals surface area contributed by atoms with E-state index in [1.165, 1.54) is 0 Å². The molecule has 0 aliphatic carbocycles. The van der Waals surface area contributed by atoms with E-state index < -0.39 is 29.9 Å². The van der Waals surface area contributed by atoms with Crippen molar-refractivity contribution in [2.75, 3.05) is 25.3 Å². The lowest BCUT2D eigenvalue weighted by molar-refractivity contribution is -0.135. The first-order valence-corrected chi connectivity index (χ1v) is 9.13. The van der Waals surface area contributed by atoms with Gasteiger partial charge in [-0.1, -0.05) is 18.2 Å². The van der Waals surface area contributed by atoms with Gasteiger partial charge in [-0.15, -0.1) is 0 Å². The number of nitrogens with zero attached hydrogens (tertiary/aromatic N) is 1. The molecule has 2 aromatic carbocycles. The number of fused-ring (bicyclic) bond motifs is 3. The minimum Gasteiger partial charge on any atom is -0.493 e. The Morgan fingerprint density at radius 2 is 1.90 bits per heavy atom. The first-order chi connectivity index (χ1) is 14.1. The fourth-order valence-electron chi connectivity index (χ4n) is 3.83. The van der Waals surface area contributed by atoms with Gasteiger partial charge in [-0.25, -0.2) is 4.79 Å². The van der Waals surface area contributed by atoms with E-state index in [4.69, 9.17) is 14.2 Å². The van der Waals surface area contributed by atoms with Crippen molar-refractivity contribution in [1.82, 2.24) is 10.2 Å². The summed E-state index contributed by atoms with van der Waals surface area (Å²) in [5, 5.41) is 5.45. The van der Waals surface area contributed by atoms with Gasteiger partial charge in [0.2, 0.25) is 12.7 Å². The maximum atomic E-state index is 13.2. The Bertz CT molecular complexity index is 1040. The number of hydrogen-bond donors (Lipinski definition) is 2. The second-order valence-electron chi connectivity index (χ2n) is 6.94. The molecule has 0 saturated carbocycles. The van der Waals surface area contributed by atoms with Gasteiger partial charge >= 0.3 is 6.03 Å². The van der Waals surface area contributed by atoms with Crippen molar-refractivity contribution in [2.24, 2.45) is 0 Å². The first-order valence-electron chi connectivity index (χ1n) is 9.13. The SMILES string of the molecule is O=C(CN1C(=O)NC2(CCOc3ccccc32)C1=O)Nc1ccc2c(c1)OCO2. The summed E-state index contributed by atoms with van der Waals surface area (Å²) in [6.07, 6.45) is 0.300. The Balaban J connectivity index is 1.34. The number of anilines is 1. The van der Waals surface area contributed by atoms with Gasteiger partial charge in [0.15, 0.2) is 17.0 Å². The summed E-state index contributed by atoms with van der Waals surface area (Å²) in [4.78, 5) is 39.1. The van der Waals surface area contributed by atoms with Crippen molar-refractivity contribution >= 4 is 23.5 Å². The summed E-state index contributed by atoms with van der Waals surface area (Å²) in [7, 11) is 0. The summed E-state index contributed by atoms with van der Waals surface area (Å²) in [5.41, 5.74) is -0.119. The number of amides is 4. The molecule has 148 valence electrons. The van der Waals surface area contributed by atoms with E-state index in [-0.39, 0.29) is 6.79 Å². The average molecular weight is 395 g/mol. The van der Waals surface area contributed by atoms with E-state index in [0.29, 0.717) is 41.5 Å². The van der Waals surface area contributed by atoms with E-state index >= 15 is 0 Å². The van der Waals surface area contributed by atoms with Gasteiger partial charge in [0.05, 0.1) is 6.61 Å². The molecule has 29 heavy (non-hydrogen) atoms. The van der Waals surface area contributed by atoms with Crippen LogP contribution in [0.25, 0.3) is 0 Å². The highest BCUT2D eigenvalue weighted by Crippen LogP contribution is 2.41. The Morgan fingerprint density at radius 1 is 1.07 bits per heavy atom. The van der Waals surface area contributed by atoms with Crippen molar-refractivity contribution < 1.29 is 28.6 Å². The van der Waals surface area contributed by atoms with E-state index in [2.05, 4.69) is 10.6 Å². The van der Waals surface area contributed by atoms with Crippen LogP contribution in [0.15, 0.2) is 42.5 Å². The molecule has 5 rings (SSSR count). The van der Waals surface area contributed by atoms with Crippen LogP contribution in [0.1, 0.15) is 12.0 Å². The summed E-state index contributed by atoms with van der Waals surface area (Å²) < 4.78 is 16.1. The number of rotatable bonds is 3. The van der Waals surface area contributed by atoms with Crippen LogP contribution in [-0.4, -0.2) is 42.7 Å². The van der Waals surface area contributed by atoms with Gasteiger partial charge in [0.25, 0.3) is 5.91 Å². The average Bonchev–Trinajstić information content (AvgIpc) is 3.27. The standard InChI is InChI=1S/C20H17N3O6/c24-17(21-12-5-6-15-16(9-12)29-11-28-15)10-23-18(25)20(22-19(23)26)7-8-27-14-4-2-1-3-13(14)20/h1-6,9H,7-8,10-11H2,(H,21,24)(H,22,26). The Hall–Kier alpha value is -3.75. The molecule has 9 heteroatoms. The topological polar surface area (TPSA) is 106 Å². The molecule has 0 aromatic heterocycles. The van der Waals surface area contributed by atoms with Crippen LogP contribution in [0.4, 0.5) is 10.5 Å². The largest absolute Gasteiger partial charge is 0.493 e. The van der Waals surface area contributed by atoms with Crippen molar-refractivity contribution in [3.63, 3.8) is 0 Å². The lowest BCUT2D eigenvalue weighted by Crippen LogP contribution is -2.48. The molecule has 3 aliphatic heterocycles. The minimum absolute atomic E-state index is 0.127. The molecule has 0 radical (unpaired) electrons. The quantitative estimate of drug-likeness (QED) is 0.765. The van der Waals surface area contributed by atoms with Crippen LogP contribution in [-0.2, 0) is 15.1 Å². The van der Waals surface area contributed by atoms with E-state index in [1.54, 1.807) is 42.5 Å². The summed E-state index contributed by atoms with van der Waals surface area (Å²) in [6.45, 7) is 0.0204. The van der Waals surface area contributed by atoms with Crippen molar-refractivity contribution in [3.05, 3.63) is 48.0 Å². The highest BCUT2D eigenvalue weighted by Gasteiger charge is 2.55. The van der Waals surface area contributed by atoms with Gasteiger partial charge in [-0.05, 0) is 18.2 Å². The predicted octanol–water partition coefficient (Wildman–Crippen LogP) is 1.58. The highest BCUT2D eigenvalue weighted by atomic mass is 16.7. The Morgan fingerprint density at radius 3 is 2.79 bits per heavy atom. The number of hydrogen-bond acceptors (Lipinski definition) is 6. The van der Waals surface area contributed by atoms with Crippen LogP contribution < -0.4 is 24.8 Å². The van der Waals surface area contributed by atoms with E-state index in [0.717, 1.165) is 4.90 Å². The monoisotopic (exact) mass is 395 g/mol. The smallest absolute Gasteiger partial charge is 0.325 e. The van der Waals surface area contributed by atoms with Gasteiger partial charge in [-0.3, -0.25) is 14.5 Å². The third-order valence-corrected chi connectivity index (χ3v) is 5.22. The van der Waals surface area contributed by atoms with Crippen LogP contribution >= 0.6 is 0 Å². The van der Waals surface area contributed by atoms with Crippen molar-refractivity contribution in [3.8, 4) is 17.2 Å². The summed E-state index contributed by atoms with van der Waals surface area (Å²) in [5.74, 6) is 0.718. The molecule has 9 nitrogen and oxygen atoms in total. The molecule has 0 bridgehead atoms. The number of urea groups is 1. The van der Waals surface area contributed by atoms with Crippen molar-refractivity contribution in [1.29, 1.82) is 0 Å². The van der Waals surface area contributed by atoms with Gasteiger partial charge < -0.3 is 24.8 Å². The molecule has 4 amide bonds. The maximum Gasteiger partial charge on any atom is 0.325 e. The molecule has 3 aliphatic rings. The van der Waals surface area contributed by atoms with Crippen molar-refractivity contribution in [2.45, 2.75) is 12.0 Å². The fourth-order valence-corrected chi connectivity index (χ4v) is 3.83. The number of carbonyl (C=O) groups is 3. The number of imide groups is 1. The molecule has 1 spiro atoms. The normalized spacial score (nSPS) is 21.6. The molecule has 1 unspecified atom stereocenters. The van der Waals surface area contributed by atoms with Crippen LogP contribution in [0, 0.1) is 0 Å². The molecule has 3 heterocycles. The van der Waals surface area contributed by atoms with Crippen LogP contribution in [0.2, 0.25) is 0 Å². The lowest BCUT2D eigenvalue weighted by Gasteiger charge is -2.33. The zero-order valence-electron chi connectivity index (χ0n) is 15.3. The molecule has 2 aromatic rings. The molecule has 1 fully saturated rings. The van der Waals surface area contributed by atoms with Gasteiger partial charge in [-0.2, -0.15) is 0 Å². The second kappa shape index (κ2) is 6.40. The Labute approximate surface area is 165 Å². The number of benzene rings is 2. The molecular weight excluding hydrogens is 378 g/mol. The number of para-hydroxylation sites is 1. The number of carbonyl (C=O) groups excluding carboxylic acids is 3. The molecule has 1 atom stereocenters. The van der Waals surface area contributed by atoms with Crippen LogP contribution in [0.5, 0.6) is 17.2 Å². The summed E-state index contributed by atoms with van der Waals surface area (Å²) >= 11 is 0. The van der Waals surface area contributed by atoms with Gasteiger partial charge in [0, 0.05) is 23.7 Å². The van der Waals surface area contributed by atoms with E-state index in [9.17, 15) is 14.4 Å². The lowest BCUT2D eigenvalue weighted by atomic mass is 9.84. The Kier molecular flexibility index (Phi) is 3.83. The molecule has 2 N–H and O–H groups in total. The zero-order chi connectivity index (χ0) is 20.0. The summed E-state index contributed by atoms with van der Waals surface area (Å²) in [6, 6.07) is 11.5. The number of nitrogens with one attached hydrogen (secondary N) is 2. The minimum atomic E-state index is -1.20. The van der Waals surface area contributed by atoms with Crippen LogP contribution in [0.3, 0.4) is 0 Å². The highest BCUT2D eigenvalue weighted by molar-refractivity contribution is 6.10. The molecular formula is C20H17N3O6. The first kappa shape index (κ1) is 17.4. The van der Waals surface area contributed by atoms with Gasteiger partial charge in [0.1, 0.15) is 12.3 Å². The van der Waals surface area contributed by atoms with E-state index in [1.807, 2.05) is 0 Å². The molecule has 1 saturated heterocycles. The third-order valence-electron chi connectivity index (χ3n) is 5.22. The fraction of sp³-hybridized carbons (Fsp3) is 0.250. The zero-order valence-corrected chi connectivity index (χ0v) is 15.3. The number of ether oxygens (including phenoxy) is 3. The second-order valence-corrected chi connectivity index (χ2v) is 6.94. The third kappa shape index (κ3) is 2.74. The predicted molar refractivity (Wildman–Crippen MR) is 99.7 cm³/mol. The maximum absolute atomic E-state index is 13.2.